The van der Waals surface area contributed by atoms with E-state index in [-0.39, 0.29) is 65.2 Å². The van der Waals surface area contributed by atoms with Gasteiger partial charge in [0, 0.05) is 0 Å². The van der Waals surface area contributed by atoms with Gasteiger partial charge in [0.25, 0.3) is 0 Å². The predicted octanol–water partition coefficient (Wildman–Crippen LogP) is -7.35. The first-order valence-corrected chi connectivity index (χ1v) is 3.80. The first-order valence-electron chi connectivity index (χ1n) is 2.19. The summed E-state index contributed by atoms with van der Waals surface area (Å²) in [5.41, 5.74) is 0. The van der Waals surface area contributed by atoms with Crippen molar-refractivity contribution >= 4 is 7.60 Å². The molecule has 48 valence electrons. The van der Waals surface area contributed by atoms with Gasteiger partial charge in [-0.1, -0.05) is 0 Å². The minimum atomic E-state index is -4.40. The Labute approximate surface area is 103 Å². The molecule has 7 heteroatoms. The van der Waals surface area contributed by atoms with E-state index in [1.807, 2.05) is 0 Å². The second-order valence-corrected chi connectivity index (χ2v) is 3.36. The quantitative estimate of drug-likeness (QED) is 0.229. The van der Waals surface area contributed by atoms with Crippen LogP contribution in [0.1, 0.15) is 6.92 Å². The molecule has 1 saturated heterocycles. The molecule has 1 heterocycles. The summed E-state index contributed by atoms with van der Waals surface area (Å²) in [7, 11) is -4.40. The minimum Gasteiger partial charge on any atom is -0.809 e. The van der Waals surface area contributed by atoms with E-state index in [0.29, 0.717) is 0 Å². The molecule has 0 aromatic carbocycles. The van der Waals surface area contributed by atoms with Crippen molar-refractivity contribution in [1.29, 1.82) is 0 Å². The van der Waals surface area contributed by atoms with Gasteiger partial charge in [-0.2, -0.15) is 0 Å². The Bertz CT molecular complexity index is 145. The van der Waals surface area contributed by atoms with E-state index in [4.69, 9.17) is 0 Å². The van der Waals surface area contributed by atoms with Gasteiger partial charge in [0.2, 0.25) is 0 Å². The summed E-state index contributed by atoms with van der Waals surface area (Å²) in [5, 5.41) is 0. The standard InChI is InChI=1S/C3H7O4P.2Na/c1-2-3(7-2)8(4,5)6;;/h2-3H,1H3,(H2,4,5,6);;/q;2*+1/p-2/t2-,3?;;/m0../s1. The van der Waals surface area contributed by atoms with E-state index in [2.05, 4.69) is 4.74 Å². The number of ether oxygens (including phenoxy) is 1. The summed E-state index contributed by atoms with van der Waals surface area (Å²) < 4.78 is 14.3. The van der Waals surface area contributed by atoms with Crippen molar-refractivity contribution < 1.29 is 78.2 Å². The minimum absolute atomic E-state index is 0. The van der Waals surface area contributed by atoms with Crippen LogP contribution in [0.5, 0.6) is 0 Å². The van der Waals surface area contributed by atoms with Crippen LogP contribution < -0.4 is 68.9 Å². The average molecular weight is 182 g/mol. The van der Waals surface area contributed by atoms with E-state index in [0.717, 1.165) is 0 Å². The fourth-order valence-corrected chi connectivity index (χ4v) is 1.36. The van der Waals surface area contributed by atoms with Crippen molar-refractivity contribution in [3.8, 4) is 0 Å². The molecule has 1 fully saturated rings. The number of epoxide rings is 1. The third-order valence-electron chi connectivity index (χ3n) is 0.991. The maximum Gasteiger partial charge on any atom is 1.00 e. The molecular formula is C3H5Na2O4P. The predicted molar refractivity (Wildman–Crippen MR) is 21.9 cm³/mol. The summed E-state index contributed by atoms with van der Waals surface area (Å²) in [5.74, 6) is -1.04. The monoisotopic (exact) mass is 182 g/mol. The molecule has 10 heavy (non-hydrogen) atoms. The molecule has 1 unspecified atom stereocenters. The number of hydrogen-bond acceptors (Lipinski definition) is 4. The molecule has 0 N–H and O–H groups in total. The number of rotatable bonds is 1. The largest absolute Gasteiger partial charge is 1.00 e. The van der Waals surface area contributed by atoms with E-state index in [9.17, 15) is 14.4 Å². The van der Waals surface area contributed by atoms with Crippen molar-refractivity contribution in [2.75, 3.05) is 0 Å². The summed E-state index contributed by atoms with van der Waals surface area (Å²) in [6, 6.07) is 0. The molecule has 0 aromatic rings. The van der Waals surface area contributed by atoms with Crippen LogP contribution >= 0.6 is 7.60 Å². The van der Waals surface area contributed by atoms with Crippen LogP contribution in [0.2, 0.25) is 0 Å². The van der Waals surface area contributed by atoms with E-state index in [1.165, 1.54) is 0 Å². The van der Waals surface area contributed by atoms with Gasteiger partial charge in [-0.25, -0.2) is 0 Å². The van der Waals surface area contributed by atoms with Crippen LogP contribution in [-0.4, -0.2) is 11.9 Å². The van der Waals surface area contributed by atoms with E-state index in [1.54, 1.807) is 6.92 Å². The van der Waals surface area contributed by atoms with Gasteiger partial charge >= 0.3 is 59.1 Å². The third kappa shape index (κ3) is 4.21. The van der Waals surface area contributed by atoms with E-state index < -0.39 is 13.4 Å². The molecule has 0 spiro atoms. The number of hydrogen-bond donors (Lipinski definition) is 0. The van der Waals surface area contributed by atoms with Crippen molar-refractivity contribution in [3.63, 3.8) is 0 Å². The molecule has 1 rings (SSSR count). The maximum absolute atomic E-state index is 9.95. The second-order valence-electron chi connectivity index (χ2n) is 1.77. The molecule has 2 atom stereocenters. The van der Waals surface area contributed by atoms with Crippen LogP contribution in [0.25, 0.3) is 0 Å². The van der Waals surface area contributed by atoms with Crippen LogP contribution in [-0.2, 0) is 9.30 Å². The summed E-state index contributed by atoms with van der Waals surface area (Å²) in [6.07, 6.45) is -0.379. The average Bonchev–Trinajstić information content (AvgIpc) is 2.13. The Morgan fingerprint density at radius 1 is 1.40 bits per heavy atom. The zero-order chi connectivity index (χ0) is 6.36. The van der Waals surface area contributed by atoms with Crippen LogP contribution in [0, 0.1) is 0 Å². The van der Waals surface area contributed by atoms with Crippen molar-refractivity contribution in [1.82, 2.24) is 0 Å². The fourth-order valence-electron chi connectivity index (χ4n) is 0.506. The van der Waals surface area contributed by atoms with Crippen LogP contribution in [0.4, 0.5) is 0 Å². The Morgan fingerprint density at radius 2 is 1.70 bits per heavy atom. The molecule has 1 aliphatic heterocycles. The summed E-state index contributed by atoms with van der Waals surface area (Å²) in [4.78, 5) is 19.9. The SMILES string of the molecule is C[C@@H]1OC1P(=O)([O-])[O-].[Na+].[Na+]. The topological polar surface area (TPSA) is 75.7 Å². The molecule has 0 bridgehead atoms. The molecular weight excluding hydrogens is 177 g/mol. The van der Waals surface area contributed by atoms with Crippen molar-refractivity contribution in [3.05, 3.63) is 0 Å². The second kappa shape index (κ2) is 4.97. The molecule has 0 radical (unpaired) electrons. The smallest absolute Gasteiger partial charge is 0.809 e. The summed E-state index contributed by atoms with van der Waals surface area (Å²) >= 11 is 0. The normalized spacial score (nSPS) is 29.9. The Morgan fingerprint density at radius 3 is 1.70 bits per heavy atom. The maximum atomic E-state index is 9.95. The Hall–Kier alpha value is 2.11. The molecule has 1 aliphatic rings. The first kappa shape index (κ1) is 14.6. The van der Waals surface area contributed by atoms with Gasteiger partial charge in [-0.05, 0) is 14.5 Å². The van der Waals surface area contributed by atoms with Gasteiger partial charge in [0.15, 0.2) is 0 Å². The third-order valence-corrected chi connectivity index (χ3v) is 2.16. The molecule has 0 amide bonds. The van der Waals surface area contributed by atoms with Gasteiger partial charge in [0.05, 0.1) is 6.10 Å². The molecule has 4 nitrogen and oxygen atoms in total. The van der Waals surface area contributed by atoms with Crippen LogP contribution in [0.3, 0.4) is 0 Å². The summed E-state index contributed by atoms with van der Waals surface area (Å²) in [6.45, 7) is 1.55. The van der Waals surface area contributed by atoms with E-state index >= 15 is 0 Å². The molecule has 0 aliphatic carbocycles. The zero-order valence-corrected chi connectivity index (χ0v) is 11.1. The fraction of sp³-hybridized carbons (Fsp3) is 1.00. The van der Waals surface area contributed by atoms with Crippen LogP contribution in [0.15, 0.2) is 0 Å². The van der Waals surface area contributed by atoms with Gasteiger partial charge < -0.3 is 19.1 Å². The Balaban J connectivity index is 0. The van der Waals surface area contributed by atoms with Crippen molar-refractivity contribution in [2.24, 2.45) is 0 Å². The first-order chi connectivity index (χ1) is 3.52. The van der Waals surface area contributed by atoms with Gasteiger partial charge in [-0.3, -0.25) is 0 Å². The van der Waals surface area contributed by atoms with Crippen molar-refractivity contribution in [2.45, 2.75) is 18.9 Å². The molecule has 0 aromatic heterocycles. The van der Waals surface area contributed by atoms with Gasteiger partial charge in [0.1, 0.15) is 5.85 Å². The Kier molecular flexibility index (Phi) is 7.27. The zero-order valence-electron chi connectivity index (χ0n) is 6.23. The molecule has 0 saturated carbocycles. The van der Waals surface area contributed by atoms with Gasteiger partial charge in [-0.15, -0.1) is 0 Å².